The SMILES string of the molecule is CC1(C)C=CC(C(=N)c2nc(-c3ccccc3)nc(-c3ccccc3)n2)=C1N. The highest BCUT2D eigenvalue weighted by Crippen LogP contribution is 2.34. The fourth-order valence-electron chi connectivity index (χ4n) is 3.08. The van der Waals surface area contributed by atoms with Crippen LogP contribution in [-0.2, 0) is 0 Å². The standard InChI is InChI=1S/C23H21N5/c1-23(2)14-13-17(19(23)25)18(24)22-27-20(15-9-5-3-6-10-15)26-21(28-22)16-11-7-4-8-12-16/h3-14,24H,25H2,1-2H3. The van der Waals surface area contributed by atoms with E-state index >= 15 is 0 Å². The smallest absolute Gasteiger partial charge is 0.182 e. The maximum atomic E-state index is 8.71. The van der Waals surface area contributed by atoms with Crippen molar-refractivity contribution in [3.8, 4) is 22.8 Å². The van der Waals surface area contributed by atoms with Crippen LogP contribution in [0.4, 0.5) is 0 Å². The molecule has 4 rings (SSSR count). The third-order valence-electron chi connectivity index (χ3n) is 4.84. The molecule has 1 aliphatic carbocycles. The zero-order valence-corrected chi connectivity index (χ0v) is 15.8. The molecule has 1 aromatic heterocycles. The minimum atomic E-state index is -0.279. The first kappa shape index (κ1) is 17.8. The summed E-state index contributed by atoms with van der Waals surface area (Å²) in [5.74, 6) is 1.39. The van der Waals surface area contributed by atoms with Crippen molar-refractivity contribution in [2.75, 3.05) is 0 Å². The number of rotatable bonds is 4. The Balaban J connectivity index is 1.87. The Morgan fingerprint density at radius 3 is 1.75 bits per heavy atom. The van der Waals surface area contributed by atoms with Crippen LogP contribution < -0.4 is 5.73 Å². The van der Waals surface area contributed by atoms with Crippen molar-refractivity contribution in [3.63, 3.8) is 0 Å². The molecule has 0 saturated carbocycles. The second-order valence-electron chi connectivity index (χ2n) is 7.30. The van der Waals surface area contributed by atoms with Crippen LogP contribution >= 0.6 is 0 Å². The van der Waals surface area contributed by atoms with E-state index in [1.807, 2.05) is 86.7 Å². The quantitative estimate of drug-likeness (QED) is 0.670. The lowest BCUT2D eigenvalue weighted by atomic mass is 9.91. The Labute approximate surface area is 164 Å². The van der Waals surface area contributed by atoms with Gasteiger partial charge >= 0.3 is 0 Å². The van der Waals surface area contributed by atoms with Gasteiger partial charge in [-0.05, 0) is 0 Å². The van der Waals surface area contributed by atoms with Crippen LogP contribution in [0.25, 0.3) is 22.8 Å². The molecule has 3 N–H and O–H groups in total. The van der Waals surface area contributed by atoms with Gasteiger partial charge in [0.2, 0.25) is 0 Å². The number of nitrogens with one attached hydrogen (secondary N) is 1. The predicted molar refractivity (Wildman–Crippen MR) is 112 cm³/mol. The van der Waals surface area contributed by atoms with E-state index < -0.39 is 0 Å². The second kappa shape index (κ2) is 6.85. The van der Waals surface area contributed by atoms with Crippen molar-refractivity contribution < 1.29 is 0 Å². The fourth-order valence-corrected chi connectivity index (χ4v) is 3.08. The molecule has 0 unspecified atom stereocenters. The second-order valence-corrected chi connectivity index (χ2v) is 7.30. The molecule has 5 nitrogen and oxygen atoms in total. The number of allylic oxidation sites excluding steroid dienone is 3. The third-order valence-corrected chi connectivity index (χ3v) is 4.84. The van der Waals surface area contributed by atoms with Crippen LogP contribution in [0.15, 0.2) is 84.1 Å². The first-order valence-electron chi connectivity index (χ1n) is 9.11. The minimum absolute atomic E-state index is 0.205. The van der Waals surface area contributed by atoms with Gasteiger partial charge in [0.05, 0.1) is 0 Å². The predicted octanol–water partition coefficient (Wildman–Crippen LogP) is 4.38. The molecule has 28 heavy (non-hydrogen) atoms. The summed E-state index contributed by atoms with van der Waals surface area (Å²) < 4.78 is 0. The van der Waals surface area contributed by atoms with Gasteiger partial charge in [-0.1, -0.05) is 86.7 Å². The van der Waals surface area contributed by atoms with Crippen LogP contribution in [0.5, 0.6) is 0 Å². The van der Waals surface area contributed by atoms with E-state index in [0.29, 0.717) is 28.7 Å². The number of aromatic nitrogens is 3. The lowest BCUT2D eigenvalue weighted by Gasteiger charge is -2.17. The molecule has 0 aliphatic heterocycles. The molecule has 2 aromatic carbocycles. The van der Waals surface area contributed by atoms with Crippen LogP contribution in [0.1, 0.15) is 19.7 Å². The summed E-state index contributed by atoms with van der Waals surface area (Å²) in [4.78, 5) is 13.8. The highest BCUT2D eigenvalue weighted by atomic mass is 15.0. The lowest BCUT2D eigenvalue weighted by molar-refractivity contribution is 0.582. The zero-order chi connectivity index (χ0) is 19.7. The average molecular weight is 367 g/mol. The van der Waals surface area contributed by atoms with E-state index in [9.17, 15) is 0 Å². The Hall–Kier alpha value is -3.60. The molecular formula is C23H21N5. The maximum absolute atomic E-state index is 8.71. The van der Waals surface area contributed by atoms with E-state index in [1.54, 1.807) is 0 Å². The summed E-state index contributed by atoms with van der Waals surface area (Å²) in [7, 11) is 0. The monoisotopic (exact) mass is 367 g/mol. The van der Waals surface area contributed by atoms with Crippen LogP contribution in [0.2, 0.25) is 0 Å². The topological polar surface area (TPSA) is 88.5 Å². The van der Waals surface area contributed by atoms with Crippen LogP contribution in [-0.4, -0.2) is 20.7 Å². The van der Waals surface area contributed by atoms with Gasteiger partial charge in [-0.3, -0.25) is 5.41 Å². The summed E-state index contributed by atoms with van der Waals surface area (Å²) >= 11 is 0. The van der Waals surface area contributed by atoms with Crippen LogP contribution in [0.3, 0.4) is 0 Å². The molecule has 138 valence electrons. The lowest BCUT2D eigenvalue weighted by Crippen LogP contribution is -2.20. The van der Waals surface area contributed by atoms with Gasteiger partial charge in [0.15, 0.2) is 17.5 Å². The van der Waals surface area contributed by atoms with Crippen molar-refractivity contribution in [2.24, 2.45) is 11.1 Å². The minimum Gasteiger partial charge on any atom is -0.401 e. The normalized spacial score (nSPS) is 15.1. The molecule has 5 heteroatoms. The summed E-state index contributed by atoms with van der Waals surface area (Å²) in [5.41, 5.74) is 9.29. The Bertz CT molecular complexity index is 1040. The van der Waals surface area contributed by atoms with Gasteiger partial charge < -0.3 is 5.73 Å². The summed E-state index contributed by atoms with van der Waals surface area (Å²) in [6.07, 6.45) is 3.88. The fraction of sp³-hybridized carbons (Fsp3) is 0.130. The van der Waals surface area contributed by atoms with Crippen molar-refractivity contribution in [1.82, 2.24) is 15.0 Å². The maximum Gasteiger partial charge on any atom is 0.182 e. The molecule has 0 radical (unpaired) electrons. The highest BCUT2D eigenvalue weighted by Gasteiger charge is 2.29. The summed E-state index contributed by atoms with van der Waals surface area (Å²) in [6, 6.07) is 19.4. The number of nitrogens with two attached hydrogens (primary N) is 1. The molecule has 0 saturated heterocycles. The van der Waals surface area contributed by atoms with E-state index in [4.69, 9.17) is 11.1 Å². The van der Waals surface area contributed by atoms with Crippen molar-refractivity contribution in [3.05, 3.63) is 89.9 Å². The zero-order valence-electron chi connectivity index (χ0n) is 15.8. The molecule has 3 aromatic rings. The Morgan fingerprint density at radius 2 is 1.32 bits per heavy atom. The number of hydrogen-bond donors (Lipinski definition) is 2. The molecule has 1 aliphatic rings. The molecule has 1 heterocycles. The van der Waals surface area contributed by atoms with Crippen LogP contribution in [0, 0.1) is 10.8 Å². The number of hydrogen-bond acceptors (Lipinski definition) is 5. The largest absolute Gasteiger partial charge is 0.401 e. The van der Waals surface area contributed by atoms with Gasteiger partial charge in [-0.25, -0.2) is 15.0 Å². The molecule has 0 spiro atoms. The highest BCUT2D eigenvalue weighted by molar-refractivity contribution is 6.11. The molecule has 0 bridgehead atoms. The summed E-state index contributed by atoms with van der Waals surface area (Å²) in [6.45, 7) is 4.05. The van der Waals surface area contributed by atoms with E-state index in [2.05, 4.69) is 15.0 Å². The van der Waals surface area contributed by atoms with E-state index in [-0.39, 0.29) is 11.1 Å². The van der Waals surface area contributed by atoms with E-state index in [0.717, 1.165) is 11.1 Å². The molecule has 0 fully saturated rings. The number of nitrogens with zero attached hydrogens (tertiary/aromatic N) is 3. The Morgan fingerprint density at radius 1 is 0.821 bits per heavy atom. The first-order chi connectivity index (χ1) is 13.5. The molecular weight excluding hydrogens is 346 g/mol. The number of benzene rings is 2. The van der Waals surface area contributed by atoms with Gasteiger partial charge in [-0.15, -0.1) is 0 Å². The van der Waals surface area contributed by atoms with E-state index in [1.165, 1.54) is 0 Å². The first-order valence-corrected chi connectivity index (χ1v) is 9.11. The van der Waals surface area contributed by atoms with Crippen molar-refractivity contribution in [1.29, 1.82) is 5.41 Å². The average Bonchev–Trinajstić information content (AvgIpc) is 3.01. The van der Waals surface area contributed by atoms with Gasteiger partial charge in [-0.2, -0.15) is 0 Å². The van der Waals surface area contributed by atoms with Crippen molar-refractivity contribution in [2.45, 2.75) is 13.8 Å². The molecule has 0 atom stereocenters. The van der Waals surface area contributed by atoms with Gasteiger partial charge in [0, 0.05) is 27.8 Å². The van der Waals surface area contributed by atoms with Gasteiger partial charge in [0.25, 0.3) is 0 Å². The van der Waals surface area contributed by atoms with Gasteiger partial charge in [0.1, 0.15) is 5.71 Å². The van der Waals surface area contributed by atoms with Crippen molar-refractivity contribution >= 4 is 5.71 Å². The molecule has 0 amide bonds. The third kappa shape index (κ3) is 3.22. The summed E-state index contributed by atoms with van der Waals surface area (Å²) in [5, 5.41) is 8.71. The Kier molecular flexibility index (Phi) is 4.35.